The average molecular weight is 339 g/mol. The summed E-state index contributed by atoms with van der Waals surface area (Å²) in [7, 11) is 0. The van der Waals surface area contributed by atoms with Crippen LogP contribution in [-0.4, -0.2) is 17.8 Å². The molecule has 25 heavy (non-hydrogen) atoms. The van der Waals surface area contributed by atoms with Crippen LogP contribution < -0.4 is 28.3 Å². The second kappa shape index (κ2) is 8.34. The first-order chi connectivity index (χ1) is 11.9. The summed E-state index contributed by atoms with van der Waals surface area (Å²) in [5, 5.41) is 2.85. The minimum Gasteiger partial charge on any atom is -0.370 e. The van der Waals surface area contributed by atoms with Crippen LogP contribution >= 0.6 is 0 Å². The molecule has 0 radical (unpaired) electrons. The first-order valence-electron chi connectivity index (χ1n) is 7.54. The highest BCUT2D eigenvalue weighted by atomic mass is 16.1. The molecular formula is C17H21N7O. The number of rotatable bonds is 6. The van der Waals surface area contributed by atoms with Crippen molar-refractivity contribution in [2.45, 2.75) is 13.1 Å². The van der Waals surface area contributed by atoms with E-state index in [1.54, 1.807) is 36.4 Å². The highest BCUT2D eigenvalue weighted by Crippen LogP contribution is 2.18. The maximum Gasteiger partial charge on any atom is 0.255 e. The summed E-state index contributed by atoms with van der Waals surface area (Å²) in [5.41, 5.74) is 24.3. The van der Waals surface area contributed by atoms with E-state index in [9.17, 15) is 4.79 Å². The Morgan fingerprint density at radius 1 is 0.840 bits per heavy atom. The zero-order valence-electron chi connectivity index (χ0n) is 13.6. The van der Waals surface area contributed by atoms with Crippen molar-refractivity contribution in [2.75, 3.05) is 5.32 Å². The number of hydrogen-bond acceptors (Lipinski definition) is 3. The predicted octanol–water partition coefficient (Wildman–Crippen LogP) is 0.486. The summed E-state index contributed by atoms with van der Waals surface area (Å²) in [6, 6.07) is 14.4. The lowest BCUT2D eigenvalue weighted by Gasteiger charge is -2.10. The van der Waals surface area contributed by atoms with Gasteiger partial charge >= 0.3 is 0 Å². The van der Waals surface area contributed by atoms with Gasteiger partial charge in [-0.1, -0.05) is 24.3 Å². The highest BCUT2D eigenvalue weighted by Gasteiger charge is 2.07. The van der Waals surface area contributed by atoms with Gasteiger partial charge < -0.3 is 28.3 Å². The molecule has 0 bridgehead atoms. The number of aliphatic imine (C=N–C) groups is 2. The van der Waals surface area contributed by atoms with Gasteiger partial charge in [0.1, 0.15) is 0 Å². The second-order valence-electron chi connectivity index (χ2n) is 5.34. The standard InChI is InChI=1S/C17H21N7O/c18-16(19)22-9-11-6-12(10-23-17(20)21)8-14(7-11)24-15(25)13-4-2-1-3-5-13/h1-8H,9-10H2,(H,24,25)(H4,18,19,22)(H4,20,21,23). The summed E-state index contributed by atoms with van der Waals surface area (Å²) in [6.45, 7) is 0.568. The van der Waals surface area contributed by atoms with Crippen LogP contribution in [0.1, 0.15) is 21.5 Å². The van der Waals surface area contributed by atoms with Crippen LogP contribution in [-0.2, 0) is 13.1 Å². The molecule has 0 saturated heterocycles. The van der Waals surface area contributed by atoms with E-state index in [1.165, 1.54) is 0 Å². The molecule has 0 spiro atoms. The normalized spacial score (nSPS) is 9.92. The van der Waals surface area contributed by atoms with E-state index in [0.29, 0.717) is 11.3 Å². The van der Waals surface area contributed by atoms with Gasteiger partial charge in [-0.2, -0.15) is 0 Å². The van der Waals surface area contributed by atoms with E-state index in [4.69, 9.17) is 22.9 Å². The van der Waals surface area contributed by atoms with Crippen LogP contribution in [0.2, 0.25) is 0 Å². The molecule has 8 heteroatoms. The number of guanidine groups is 2. The average Bonchev–Trinajstić information content (AvgIpc) is 2.59. The van der Waals surface area contributed by atoms with Gasteiger partial charge in [0.25, 0.3) is 5.91 Å². The summed E-state index contributed by atoms with van der Waals surface area (Å²) in [5.74, 6) is -0.235. The Labute approximate surface area is 145 Å². The number of carbonyl (C=O) groups is 1. The van der Waals surface area contributed by atoms with Gasteiger partial charge in [0.05, 0.1) is 13.1 Å². The number of nitrogens with zero attached hydrogens (tertiary/aromatic N) is 2. The minimum atomic E-state index is -0.215. The van der Waals surface area contributed by atoms with Crippen LogP contribution in [0.3, 0.4) is 0 Å². The molecule has 8 nitrogen and oxygen atoms in total. The van der Waals surface area contributed by atoms with Gasteiger partial charge in [-0.25, -0.2) is 9.98 Å². The molecule has 2 aromatic carbocycles. The smallest absolute Gasteiger partial charge is 0.255 e. The van der Waals surface area contributed by atoms with Crippen LogP contribution in [0.25, 0.3) is 0 Å². The molecule has 130 valence electrons. The lowest BCUT2D eigenvalue weighted by molar-refractivity contribution is 0.102. The Hall–Kier alpha value is -3.55. The number of amides is 1. The maximum absolute atomic E-state index is 12.3. The number of anilines is 1. The Bertz CT molecular complexity index is 754. The zero-order chi connectivity index (χ0) is 18.2. The van der Waals surface area contributed by atoms with Crippen LogP contribution in [0.5, 0.6) is 0 Å². The molecule has 0 saturated carbocycles. The zero-order valence-corrected chi connectivity index (χ0v) is 13.6. The fourth-order valence-corrected chi connectivity index (χ4v) is 2.18. The van der Waals surface area contributed by atoms with Crippen molar-refractivity contribution < 1.29 is 4.79 Å². The topological polar surface area (TPSA) is 158 Å². The SMILES string of the molecule is NC(N)=NCc1cc(CN=C(N)N)cc(NC(=O)c2ccccc2)c1. The molecule has 1 amide bonds. The van der Waals surface area contributed by atoms with Crippen molar-refractivity contribution in [3.05, 3.63) is 65.2 Å². The van der Waals surface area contributed by atoms with Gasteiger partial charge in [-0.05, 0) is 35.4 Å². The fraction of sp³-hybridized carbons (Fsp3) is 0.118. The van der Waals surface area contributed by atoms with E-state index in [0.717, 1.165) is 11.1 Å². The molecule has 0 aliphatic rings. The molecular weight excluding hydrogens is 318 g/mol. The summed E-state index contributed by atoms with van der Waals surface area (Å²) >= 11 is 0. The third kappa shape index (κ3) is 5.87. The quantitative estimate of drug-likeness (QED) is 0.382. The van der Waals surface area contributed by atoms with Crippen molar-refractivity contribution in [1.82, 2.24) is 0 Å². The molecule has 0 unspecified atom stereocenters. The third-order valence-electron chi connectivity index (χ3n) is 3.23. The van der Waals surface area contributed by atoms with E-state index in [-0.39, 0.29) is 30.9 Å². The van der Waals surface area contributed by atoms with Crippen LogP contribution in [0.4, 0.5) is 5.69 Å². The van der Waals surface area contributed by atoms with Gasteiger partial charge in [-0.3, -0.25) is 4.79 Å². The van der Waals surface area contributed by atoms with Crippen LogP contribution in [0, 0.1) is 0 Å². The van der Waals surface area contributed by atoms with Crippen molar-refractivity contribution in [2.24, 2.45) is 32.9 Å². The van der Waals surface area contributed by atoms with Gasteiger partial charge in [0.15, 0.2) is 11.9 Å². The number of nitrogens with two attached hydrogens (primary N) is 4. The van der Waals surface area contributed by atoms with Crippen molar-refractivity contribution >= 4 is 23.5 Å². The Kier molecular flexibility index (Phi) is 5.94. The summed E-state index contributed by atoms with van der Waals surface area (Å²) < 4.78 is 0. The lowest BCUT2D eigenvalue weighted by atomic mass is 10.1. The molecule has 0 aliphatic carbocycles. The minimum absolute atomic E-state index is 0.00972. The maximum atomic E-state index is 12.3. The largest absolute Gasteiger partial charge is 0.370 e. The third-order valence-corrected chi connectivity index (χ3v) is 3.23. The molecule has 0 aromatic heterocycles. The van der Waals surface area contributed by atoms with Crippen molar-refractivity contribution in [3.8, 4) is 0 Å². The Morgan fingerprint density at radius 2 is 1.36 bits per heavy atom. The Morgan fingerprint density at radius 3 is 1.84 bits per heavy atom. The number of nitrogens with one attached hydrogen (secondary N) is 1. The monoisotopic (exact) mass is 339 g/mol. The van der Waals surface area contributed by atoms with E-state index in [2.05, 4.69) is 15.3 Å². The predicted molar refractivity (Wildman–Crippen MR) is 99.9 cm³/mol. The van der Waals surface area contributed by atoms with E-state index < -0.39 is 0 Å². The summed E-state index contributed by atoms with van der Waals surface area (Å²) in [6.07, 6.45) is 0. The number of hydrogen-bond donors (Lipinski definition) is 5. The van der Waals surface area contributed by atoms with Crippen molar-refractivity contribution in [1.29, 1.82) is 0 Å². The van der Waals surface area contributed by atoms with Gasteiger partial charge in [0, 0.05) is 11.3 Å². The van der Waals surface area contributed by atoms with Crippen LogP contribution in [0.15, 0.2) is 58.5 Å². The van der Waals surface area contributed by atoms with E-state index >= 15 is 0 Å². The first-order valence-corrected chi connectivity index (χ1v) is 7.54. The van der Waals surface area contributed by atoms with E-state index in [1.807, 2.05) is 12.1 Å². The van der Waals surface area contributed by atoms with Gasteiger partial charge in [-0.15, -0.1) is 0 Å². The Balaban J connectivity index is 2.26. The molecule has 0 atom stereocenters. The second-order valence-corrected chi connectivity index (χ2v) is 5.34. The van der Waals surface area contributed by atoms with Crippen molar-refractivity contribution in [3.63, 3.8) is 0 Å². The number of benzene rings is 2. The van der Waals surface area contributed by atoms with Gasteiger partial charge in [0.2, 0.25) is 0 Å². The molecule has 0 heterocycles. The molecule has 2 aromatic rings. The molecule has 0 fully saturated rings. The first kappa shape index (κ1) is 17.8. The highest BCUT2D eigenvalue weighted by molar-refractivity contribution is 6.04. The summed E-state index contributed by atoms with van der Waals surface area (Å²) in [4.78, 5) is 20.3. The number of carbonyl (C=O) groups excluding carboxylic acids is 1. The fourth-order valence-electron chi connectivity index (χ4n) is 2.18. The molecule has 2 rings (SSSR count). The lowest BCUT2D eigenvalue weighted by Crippen LogP contribution is -2.23. The molecule has 0 aliphatic heterocycles. The molecule has 9 N–H and O–H groups in total.